The molecule has 2 aromatic carbocycles. The SMILES string of the molecule is CC(CCn1c2c(c3ccccc31)CCCC2)NC(=O)c1cc([N+](=O)[O-])cc([N+](=O)[O-])c1. The Morgan fingerprint density at radius 3 is 2.41 bits per heavy atom. The number of benzene rings is 2. The van der Waals surface area contributed by atoms with Crippen molar-refractivity contribution in [1.29, 1.82) is 0 Å². The number of nitro benzene ring substituents is 2. The minimum Gasteiger partial charge on any atom is -0.350 e. The Morgan fingerprint density at radius 2 is 1.72 bits per heavy atom. The summed E-state index contributed by atoms with van der Waals surface area (Å²) in [6, 6.07) is 11.1. The van der Waals surface area contributed by atoms with E-state index in [2.05, 4.69) is 28.1 Å². The fourth-order valence-electron chi connectivity index (χ4n) is 4.48. The molecular weight excluding hydrogens is 412 g/mol. The van der Waals surface area contributed by atoms with Crippen molar-refractivity contribution in [2.45, 2.75) is 51.6 Å². The molecule has 0 fully saturated rings. The van der Waals surface area contributed by atoms with Gasteiger partial charge in [-0.3, -0.25) is 25.0 Å². The van der Waals surface area contributed by atoms with Crippen LogP contribution in [0.2, 0.25) is 0 Å². The van der Waals surface area contributed by atoms with Crippen molar-refractivity contribution in [3.63, 3.8) is 0 Å². The second-order valence-corrected chi connectivity index (χ2v) is 8.22. The van der Waals surface area contributed by atoms with Gasteiger partial charge in [0, 0.05) is 41.3 Å². The van der Waals surface area contributed by atoms with Crippen LogP contribution in [0.25, 0.3) is 10.9 Å². The van der Waals surface area contributed by atoms with Crippen molar-refractivity contribution in [1.82, 2.24) is 9.88 Å². The van der Waals surface area contributed by atoms with E-state index in [0.29, 0.717) is 6.42 Å². The highest BCUT2D eigenvalue weighted by atomic mass is 16.6. The molecule has 0 saturated heterocycles. The van der Waals surface area contributed by atoms with E-state index in [9.17, 15) is 25.0 Å². The largest absolute Gasteiger partial charge is 0.350 e. The predicted octanol–water partition coefficient (Wildman–Crippen LogP) is 4.55. The normalized spacial score (nSPS) is 14.0. The van der Waals surface area contributed by atoms with E-state index in [1.165, 1.54) is 35.0 Å². The molecule has 0 bridgehead atoms. The summed E-state index contributed by atoms with van der Waals surface area (Å²) in [5, 5.41) is 26.3. The summed E-state index contributed by atoms with van der Waals surface area (Å²) < 4.78 is 2.34. The highest BCUT2D eigenvalue weighted by Crippen LogP contribution is 2.32. The Balaban J connectivity index is 1.50. The van der Waals surface area contributed by atoms with Gasteiger partial charge in [-0.2, -0.15) is 0 Å². The molecular formula is C23H24N4O5. The van der Waals surface area contributed by atoms with Crippen LogP contribution in [0.1, 0.15) is 47.8 Å². The Labute approximate surface area is 184 Å². The van der Waals surface area contributed by atoms with E-state index in [1.54, 1.807) is 0 Å². The fraction of sp³-hybridized carbons (Fsp3) is 0.348. The Kier molecular flexibility index (Phi) is 5.89. The number of amides is 1. The smallest absolute Gasteiger partial charge is 0.277 e. The maximum Gasteiger partial charge on any atom is 0.277 e. The third kappa shape index (κ3) is 4.18. The van der Waals surface area contributed by atoms with Crippen LogP contribution >= 0.6 is 0 Å². The van der Waals surface area contributed by atoms with Crippen LogP contribution in [0.15, 0.2) is 42.5 Å². The maximum absolute atomic E-state index is 12.6. The van der Waals surface area contributed by atoms with Crippen LogP contribution in [0.5, 0.6) is 0 Å². The van der Waals surface area contributed by atoms with E-state index in [-0.39, 0.29) is 11.6 Å². The van der Waals surface area contributed by atoms with Crippen molar-refractivity contribution >= 4 is 28.2 Å². The maximum atomic E-state index is 12.6. The van der Waals surface area contributed by atoms with Gasteiger partial charge in [0.05, 0.1) is 21.5 Å². The molecule has 4 rings (SSSR count). The predicted molar refractivity (Wildman–Crippen MR) is 120 cm³/mol. The second kappa shape index (κ2) is 8.78. The highest BCUT2D eigenvalue weighted by molar-refractivity contribution is 5.95. The Bertz CT molecular complexity index is 1180. The van der Waals surface area contributed by atoms with Crippen LogP contribution in [0.3, 0.4) is 0 Å². The molecule has 9 heteroatoms. The van der Waals surface area contributed by atoms with Crippen LogP contribution in [-0.4, -0.2) is 26.4 Å². The van der Waals surface area contributed by atoms with Gasteiger partial charge in [-0.05, 0) is 50.7 Å². The number of carbonyl (C=O) groups is 1. The Hall–Kier alpha value is -3.75. The molecule has 0 radical (unpaired) electrons. The standard InChI is InChI=1S/C23H24N4O5/c1-15(24-23(28)16-12-17(26(29)30)14-18(13-16)27(31)32)10-11-25-21-8-4-2-6-19(21)20-7-3-5-9-22(20)25/h2,4,6,8,12-15H,3,5,7,9-11H2,1H3,(H,24,28). The molecule has 0 spiro atoms. The van der Waals surface area contributed by atoms with Crippen molar-refractivity contribution in [2.75, 3.05) is 0 Å². The molecule has 0 aliphatic heterocycles. The molecule has 1 aliphatic carbocycles. The molecule has 32 heavy (non-hydrogen) atoms. The highest BCUT2D eigenvalue weighted by Gasteiger charge is 2.22. The average Bonchev–Trinajstić information content (AvgIpc) is 3.11. The number of aryl methyl sites for hydroxylation is 2. The van der Waals surface area contributed by atoms with Gasteiger partial charge >= 0.3 is 0 Å². The first-order valence-electron chi connectivity index (χ1n) is 10.7. The number of aromatic nitrogens is 1. The second-order valence-electron chi connectivity index (χ2n) is 8.22. The number of nitro groups is 2. The van der Waals surface area contributed by atoms with E-state index in [0.717, 1.165) is 37.6 Å². The van der Waals surface area contributed by atoms with Crippen molar-refractivity contribution in [3.8, 4) is 0 Å². The summed E-state index contributed by atoms with van der Waals surface area (Å²) in [5.41, 5.74) is 2.93. The molecule has 1 atom stereocenters. The molecule has 1 aliphatic rings. The summed E-state index contributed by atoms with van der Waals surface area (Å²) in [7, 11) is 0. The van der Waals surface area contributed by atoms with Crippen molar-refractivity contribution in [3.05, 3.63) is 79.5 Å². The van der Waals surface area contributed by atoms with E-state index >= 15 is 0 Å². The van der Waals surface area contributed by atoms with Gasteiger partial charge < -0.3 is 9.88 Å². The minimum atomic E-state index is -0.743. The molecule has 1 unspecified atom stereocenters. The lowest BCUT2D eigenvalue weighted by Gasteiger charge is -2.19. The lowest BCUT2D eigenvalue weighted by atomic mass is 9.95. The molecule has 1 heterocycles. The summed E-state index contributed by atoms with van der Waals surface area (Å²) >= 11 is 0. The Morgan fingerprint density at radius 1 is 1.06 bits per heavy atom. The van der Waals surface area contributed by atoms with Crippen LogP contribution in [-0.2, 0) is 19.4 Å². The van der Waals surface area contributed by atoms with Crippen LogP contribution in [0, 0.1) is 20.2 Å². The van der Waals surface area contributed by atoms with E-state index < -0.39 is 27.1 Å². The fourth-order valence-corrected chi connectivity index (χ4v) is 4.48. The topological polar surface area (TPSA) is 120 Å². The van der Waals surface area contributed by atoms with E-state index in [4.69, 9.17) is 0 Å². The first-order valence-corrected chi connectivity index (χ1v) is 10.7. The third-order valence-corrected chi connectivity index (χ3v) is 6.03. The molecule has 166 valence electrons. The zero-order valence-electron chi connectivity index (χ0n) is 17.7. The molecule has 3 aromatic rings. The summed E-state index contributed by atoms with van der Waals surface area (Å²) in [6.45, 7) is 2.59. The van der Waals surface area contributed by atoms with Gasteiger partial charge in [-0.1, -0.05) is 18.2 Å². The van der Waals surface area contributed by atoms with Crippen molar-refractivity contribution in [2.24, 2.45) is 0 Å². The lowest BCUT2D eigenvalue weighted by molar-refractivity contribution is -0.394. The first-order chi connectivity index (χ1) is 15.3. The molecule has 1 aromatic heterocycles. The van der Waals surface area contributed by atoms with Crippen molar-refractivity contribution < 1.29 is 14.6 Å². The van der Waals surface area contributed by atoms with Gasteiger partial charge in [-0.25, -0.2) is 0 Å². The monoisotopic (exact) mass is 436 g/mol. The van der Waals surface area contributed by atoms with Gasteiger partial charge in [0.25, 0.3) is 17.3 Å². The number of hydrogen-bond acceptors (Lipinski definition) is 5. The summed E-state index contributed by atoms with van der Waals surface area (Å²) in [6.07, 6.45) is 5.15. The van der Waals surface area contributed by atoms with Crippen LogP contribution in [0.4, 0.5) is 11.4 Å². The lowest BCUT2D eigenvalue weighted by Crippen LogP contribution is -2.33. The van der Waals surface area contributed by atoms with Crippen LogP contribution < -0.4 is 5.32 Å². The number of para-hydroxylation sites is 1. The number of non-ortho nitro benzene ring substituents is 2. The third-order valence-electron chi connectivity index (χ3n) is 6.03. The van der Waals surface area contributed by atoms with Gasteiger partial charge in [0.1, 0.15) is 0 Å². The van der Waals surface area contributed by atoms with E-state index in [1.807, 2.05) is 13.0 Å². The first kappa shape index (κ1) is 21.5. The summed E-state index contributed by atoms with van der Waals surface area (Å²) in [5.74, 6) is -0.566. The number of hydrogen-bond donors (Lipinski definition) is 1. The number of nitrogens with one attached hydrogen (secondary N) is 1. The summed E-state index contributed by atoms with van der Waals surface area (Å²) in [4.78, 5) is 33.3. The molecule has 9 nitrogen and oxygen atoms in total. The van der Waals surface area contributed by atoms with Gasteiger partial charge in [-0.15, -0.1) is 0 Å². The minimum absolute atomic E-state index is 0.0958. The van der Waals surface area contributed by atoms with Gasteiger partial charge in [0.15, 0.2) is 0 Å². The quantitative estimate of drug-likeness (QED) is 0.430. The number of nitrogens with zero attached hydrogens (tertiary/aromatic N) is 3. The zero-order chi connectivity index (χ0) is 22.8. The van der Waals surface area contributed by atoms with Gasteiger partial charge in [0.2, 0.25) is 0 Å². The molecule has 1 amide bonds. The molecule has 1 N–H and O–H groups in total. The number of rotatable bonds is 7. The zero-order valence-corrected chi connectivity index (χ0v) is 17.7. The average molecular weight is 436 g/mol. The molecule has 0 saturated carbocycles. The number of carbonyl (C=O) groups excluding carboxylic acids is 1. The number of fused-ring (bicyclic) bond motifs is 3.